The van der Waals surface area contributed by atoms with E-state index < -0.39 is 0 Å². The first-order valence-corrected chi connectivity index (χ1v) is 1.85. The van der Waals surface area contributed by atoms with Crippen LogP contribution in [0.4, 0.5) is 0 Å². The van der Waals surface area contributed by atoms with Crippen LogP contribution in [0.1, 0.15) is 13.8 Å². The van der Waals surface area contributed by atoms with E-state index in [1.807, 2.05) is 13.8 Å². The molecule has 0 heterocycles. The van der Waals surface area contributed by atoms with E-state index >= 15 is 0 Å². The van der Waals surface area contributed by atoms with Gasteiger partial charge in [0.2, 0.25) is 0 Å². The molecule has 0 spiro atoms. The maximum Gasteiger partial charge on any atom is 2.00 e. The molecule has 0 aliphatic carbocycles. The zero-order valence-corrected chi connectivity index (χ0v) is 5.81. The Morgan fingerprint density at radius 2 is 1.67 bits per heavy atom. The van der Waals surface area contributed by atoms with E-state index in [0.717, 1.165) is 0 Å². The Bertz CT molecular complexity index is 21.5. The average molecular weight is 97.4 g/mol. The molecule has 0 saturated heterocycles. The molecule has 32 valence electrons. The molecule has 0 aliphatic heterocycles. The Morgan fingerprint density at radius 1 is 1.50 bits per heavy atom. The Labute approximate surface area is 54.9 Å². The van der Waals surface area contributed by atoms with Crippen LogP contribution in [0, 0.1) is 5.92 Å². The van der Waals surface area contributed by atoms with Crippen LogP contribution in [-0.2, 0) is 0 Å². The smallest absolute Gasteiger partial charge is 0.854 e. The molecule has 0 aromatic carbocycles. The van der Waals surface area contributed by atoms with Gasteiger partial charge in [-0.2, -0.15) is 0 Å². The van der Waals surface area contributed by atoms with Gasteiger partial charge < -0.3 is 5.11 Å². The molecule has 0 atom stereocenters. The molecule has 0 bridgehead atoms. The zero-order chi connectivity index (χ0) is 4.28. The van der Waals surface area contributed by atoms with Gasteiger partial charge in [-0.3, -0.25) is 0 Å². The van der Waals surface area contributed by atoms with Crippen molar-refractivity contribution in [3.63, 3.8) is 0 Å². The zero-order valence-electron chi connectivity index (χ0n) is 4.40. The quantitative estimate of drug-likeness (QED) is 0.409. The second-order valence-electron chi connectivity index (χ2n) is 1.56. The maximum absolute atomic E-state index is 9.63. The van der Waals surface area contributed by atoms with Crippen LogP contribution in [0.3, 0.4) is 0 Å². The van der Waals surface area contributed by atoms with Gasteiger partial charge in [-0.25, -0.2) is 0 Å². The Balaban J connectivity index is 0. The summed E-state index contributed by atoms with van der Waals surface area (Å²) in [5, 5.41) is 9.63. The number of hydrogen-bond donors (Lipinski definition) is 0. The summed E-state index contributed by atoms with van der Waals surface area (Å²) in [5.41, 5.74) is 0. The molecule has 0 aromatic heterocycles. The fourth-order valence-electron chi connectivity index (χ4n) is 0. The largest absolute Gasteiger partial charge is 2.00 e. The van der Waals surface area contributed by atoms with E-state index in [4.69, 9.17) is 0 Å². The summed E-state index contributed by atoms with van der Waals surface area (Å²) in [7, 11) is 0. The van der Waals surface area contributed by atoms with Crippen molar-refractivity contribution in [3.8, 4) is 0 Å². The van der Waals surface area contributed by atoms with Crippen molar-refractivity contribution in [2.24, 2.45) is 5.92 Å². The van der Waals surface area contributed by atoms with Crippen molar-refractivity contribution < 1.29 is 5.11 Å². The van der Waals surface area contributed by atoms with E-state index in [1.54, 1.807) is 0 Å². The van der Waals surface area contributed by atoms with Crippen LogP contribution in [-0.4, -0.2) is 29.7 Å². The third-order valence-electron chi connectivity index (χ3n) is 0.333. The van der Waals surface area contributed by atoms with E-state index in [2.05, 4.69) is 0 Å². The third-order valence-corrected chi connectivity index (χ3v) is 0.333. The van der Waals surface area contributed by atoms with Crippen molar-refractivity contribution in [3.05, 3.63) is 0 Å². The van der Waals surface area contributed by atoms with Crippen molar-refractivity contribution in [1.29, 1.82) is 0 Å². The Morgan fingerprint density at radius 3 is 1.67 bits per heavy atom. The topological polar surface area (TPSA) is 23.1 Å². The van der Waals surface area contributed by atoms with Crippen LogP contribution in [0.5, 0.6) is 0 Å². The number of hydrogen-bond acceptors (Lipinski definition) is 1. The van der Waals surface area contributed by atoms with E-state index in [0.29, 0.717) is 5.92 Å². The van der Waals surface area contributed by atoms with Gasteiger partial charge in [0, 0.05) is 0 Å². The summed E-state index contributed by atoms with van der Waals surface area (Å²) >= 11 is 0. The predicted molar refractivity (Wildman–Crippen MR) is 25.5 cm³/mol. The van der Waals surface area contributed by atoms with E-state index in [-0.39, 0.29) is 29.7 Å². The summed E-state index contributed by atoms with van der Waals surface area (Å²) in [4.78, 5) is 0. The van der Waals surface area contributed by atoms with Crippen LogP contribution in [0.15, 0.2) is 0 Å². The van der Waals surface area contributed by atoms with Crippen LogP contribution >= 0.6 is 0 Å². The molecule has 0 radical (unpaired) electrons. The molecule has 6 heavy (non-hydrogen) atoms. The van der Waals surface area contributed by atoms with Crippen molar-refractivity contribution in [1.82, 2.24) is 0 Å². The van der Waals surface area contributed by atoms with Crippen LogP contribution < -0.4 is 5.11 Å². The first-order chi connectivity index (χ1) is 2.27. The monoisotopic (exact) mass is 97.0 g/mol. The van der Waals surface area contributed by atoms with Crippen molar-refractivity contribution in [2.45, 2.75) is 13.8 Å². The SMILES string of the molecule is CC(C)C[O-].[Mg+2]. The molecule has 2 heteroatoms. The normalized spacial score (nSPS) is 8.00. The predicted octanol–water partition coefficient (Wildman–Crippen LogP) is -0.378. The van der Waals surface area contributed by atoms with Crippen molar-refractivity contribution >= 4 is 23.1 Å². The Kier molecular flexibility index (Phi) is 9.42. The molecule has 0 aliphatic rings. The minimum absolute atomic E-state index is 0. The van der Waals surface area contributed by atoms with Gasteiger partial charge in [0.1, 0.15) is 0 Å². The van der Waals surface area contributed by atoms with Crippen LogP contribution in [0.2, 0.25) is 0 Å². The van der Waals surface area contributed by atoms with Gasteiger partial charge in [-0.1, -0.05) is 19.8 Å². The minimum atomic E-state index is 0. The molecule has 0 unspecified atom stereocenters. The van der Waals surface area contributed by atoms with Gasteiger partial charge in [-0.15, -0.1) is 6.61 Å². The molecule has 0 fully saturated rings. The van der Waals surface area contributed by atoms with Gasteiger partial charge in [0.25, 0.3) is 0 Å². The molecule has 1 nitrogen and oxygen atoms in total. The number of rotatable bonds is 1. The summed E-state index contributed by atoms with van der Waals surface area (Å²) in [6.07, 6.45) is 0. The summed E-state index contributed by atoms with van der Waals surface area (Å²) in [6, 6.07) is 0. The average Bonchev–Trinajstić information content (AvgIpc) is 1.38. The first-order valence-electron chi connectivity index (χ1n) is 1.85. The van der Waals surface area contributed by atoms with Gasteiger partial charge in [0.05, 0.1) is 0 Å². The molecular weight excluding hydrogens is 88.3 g/mol. The minimum Gasteiger partial charge on any atom is -0.854 e. The molecular formula is C4H9MgO+. The Hall–Kier alpha value is 0.726. The van der Waals surface area contributed by atoms with Gasteiger partial charge in [-0.05, 0) is 0 Å². The second kappa shape index (κ2) is 5.73. The van der Waals surface area contributed by atoms with E-state index in [9.17, 15) is 5.11 Å². The fourth-order valence-corrected chi connectivity index (χ4v) is 0. The third kappa shape index (κ3) is 8.83. The summed E-state index contributed by atoms with van der Waals surface area (Å²) in [6.45, 7) is 3.88. The maximum atomic E-state index is 9.63. The van der Waals surface area contributed by atoms with Gasteiger partial charge >= 0.3 is 23.1 Å². The molecule has 0 amide bonds. The molecule has 0 aromatic rings. The summed E-state index contributed by atoms with van der Waals surface area (Å²) in [5.74, 6) is 0.329. The molecule has 0 rings (SSSR count). The van der Waals surface area contributed by atoms with Crippen LogP contribution in [0.25, 0.3) is 0 Å². The van der Waals surface area contributed by atoms with Gasteiger partial charge in [0.15, 0.2) is 0 Å². The fraction of sp³-hybridized carbons (Fsp3) is 1.00. The van der Waals surface area contributed by atoms with E-state index in [1.165, 1.54) is 0 Å². The molecule has 0 saturated carbocycles. The van der Waals surface area contributed by atoms with Crippen molar-refractivity contribution in [2.75, 3.05) is 6.61 Å². The standard InChI is InChI=1S/C4H9O.Mg/c1-4(2)3-5;/h4H,3H2,1-2H3;/q-1;+2. The first kappa shape index (κ1) is 9.87. The summed E-state index contributed by atoms with van der Waals surface area (Å²) < 4.78 is 0. The second-order valence-corrected chi connectivity index (χ2v) is 1.56. The molecule has 0 N–H and O–H groups in total.